The SMILES string of the molecule is O=C(Nc1nnc(C2CC2)s1)C1(S(=O)(=O)c2ccccc2)CCCC1. The molecule has 2 aromatic rings. The van der Waals surface area contributed by atoms with E-state index in [4.69, 9.17) is 0 Å². The van der Waals surface area contributed by atoms with Crippen LogP contribution in [0.2, 0.25) is 0 Å². The van der Waals surface area contributed by atoms with Crippen molar-refractivity contribution < 1.29 is 13.2 Å². The number of carbonyl (C=O) groups is 1. The van der Waals surface area contributed by atoms with Gasteiger partial charge in [0.25, 0.3) is 0 Å². The van der Waals surface area contributed by atoms with Gasteiger partial charge in [-0.3, -0.25) is 10.1 Å². The Morgan fingerprint density at radius 3 is 2.44 bits per heavy atom. The maximum Gasteiger partial charge on any atom is 0.248 e. The van der Waals surface area contributed by atoms with Crippen LogP contribution in [0.5, 0.6) is 0 Å². The molecule has 1 heterocycles. The third-order valence-electron chi connectivity index (χ3n) is 4.98. The molecule has 0 bridgehead atoms. The average molecular weight is 377 g/mol. The molecule has 0 aliphatic heterocycles. The molecular formula is C17H19N3O3S2. The lowest BCUT2D eigenvalue weighted by molar-refractivity contribution is -0.118. The maximum atomic E-state index is 13.2. The minimum atomic E-state index is -3.77. The highest BCUT2D eigenvalue weighted by Gasteiger charge is 2.53. The second-order valence-electron chi connectivity index (χ2n) is 6.69. The molecule has 0 radical (unpaired) electrons. The van der Waals surface area contributed by atoms with Crippen LogP contribution in [0.15, 0.2) is 35.2 Å². The molecule has 1 aromatic heterocycles. The van der Waals surface area contributed by atoms with Gasteiger partial charge in [0.15, 0.2) is 14.6 Å². The fourth-order valence-electron chi connectivity index (χ4n) is 3.38. The van der Waals surface area contributed by atoms with Crippen molar-refractivity contribution in [3.63, 3.8) is 0 Å². The highest BCUT2D eigenvalue weighted by Crippen LogP contribution is 2.44. The van der Waals surface area contributed by atoms with Gasteiger partial charge in [-0.25, -0.2) is 8.42 Å². The van der Waals surface area contributed by atoms with E-state index in [1.807, 2.05) is 0 Å². The van der Waals surface area contributed by atoms with Crippen LogP contribution in [0.4, 0.5) is 5.13 Å². The van der Waals surface area contributed by atoms with Crippen molar-refractivity contribution in [2.75, 3.05) is 5.32 Å². The summed E-state index contributed by atoms with van der Waals surface area (Å²) in [5, 5.41) is 12.2. The lowest BCUT2D eigenvalue weighted by Gasteiger charge is -2.27. The highest BCUT2D eigenvalue weighted by atomic mass is 32.2. The van der Waals surface area contributed by atoms with Gasteiger partial charge in [0.05, 0.1) is 4.90 Å². The summed E-state index contributed by atoms with van der Waals surface area (Å²) >= 11 is 1.35. The fraction of sp³-hybridized carbons (Fsp3) is 0.471. The van der Waals surface area contributed by atoms with Gasteiger partial charge in [-0.2, -0.15) is 0 Å². The average Bonchev–Trinajstić information content (AvgIpc) is 3.15. The lowest BCUT2D eigenvalue weighted by Crippen LogP contribution is -2.47. The Morgan fingerprint density at radius 1 is 1.12 bits per heavy atom. The Bertz CT molecular complexity index is 883. The van der Waals surface area contributed by atoms with Crippen LogP contribution < -0.4 is 5.32 Å². The van der Waals surface area contributed by atoms with Crippen LogP contribution in [-0.4, -0.2) is 29.3 Å². The Kier molecular flexibility index (Phi) is 4.11. The molecule has 1 N–H and O–H groups in total. The zero-order valence-electron chi connectivity index (χ0n) is 13.6. The summed E-state index contributed by atoms with van der Waals surface area (Å²) < 4.78 is 25.0. The molecule has 1 aromatic carbocycles. The minimum absolute atomic E-state index is 0.197. The lowest BCUT2D eigenvalue weighted by atomic mass is 10.1. The molecule has 2 aliphatic rings. The Balaban J connectivity index is 1.64. The van der Waals surface area contributed by atoms with Crippen LogP contribution in [0.1, 0.15) is 49.5 Å². The number of rotatable bonds is 5. The molecule has 0 atom stereocenters. The van der Waals surface area contributed by atoms with E-state index in [0.717, 1.165) is 30.7 Å². The molecule has 1 amide bonds. The van der Waals surface area contributed by atoms with Crippen molar-refractivity contribution in [1.82, 2.24) is 10.2 Å². The first-order valence-corrected chi connectivity index (χ1v) is 10.8. The topological polar surface area (TPSA) is 89.0 Å². The van der Waals surface area contributed by atoms with E-state index >= 15 is 0 Å². The summed E-state index contributed by atoms with van der Waals surface area (Å²) in [6, 6.07) is 8.24. The molecule has 8 heteroatoms. The Morgan fingerprint density at radius 2 is 1.80 bits per heavy atom. The maximum absolute atomic E-state index is 13.2. The summed E-state index contributed by atoms with van der Waals surface area (Å²) in [4.78, 5) is 13.2. The predicted molar refractivity (Wildman–Crippen MR) is 95.3 cm³/mol. The largest absolute Gasteiger partial charge is 0.299 e. The van der Waals surface area contributed by atoms with E-state index < -0.39 is 20.5 Å². The van der Waals surface area contributed by atoms with Gasteiger partial charge in [0, 0.05) is 5.92 Å². The molecule has 0 saturated heterocycles. The van der Waals surface area contributed by atoms with Gasteiger partial charge < -0.3 is 0 Å². The summed E-state index contributed by atoms with van der Waals surface area (Å²) in [7, 11) is -3.77. The fourth-order valence-corrected chi connectivity index (χ4v) is 6.38. The van der Waals surface area contributed by atoms with Crippen molar-refractivity contribution >= 4 is 32.2 Å². The van der Waals surface area contributed by atoms with E-state index in [1.165, 1.54) is 11.3 Å². The molecule has 2 fully saturated rings. The minimum Gasteiger partial charge on any atom is -0.299 e. The standard InChI is InChI=1S/C17H19N3O3S2/c21-15(18-16-20-19-14(24-16)12-8-9-12)17(10-4-5-11-17)25(22,23)13-6-2-1-3-7-13/h1-3,6-7,12H,4-5,8-11H2,(H,18,20,21). The first kappa shape index (κ1) is 16.7. The summed E-state index contributed by atoms with van der Waals surface area (Å²) in [5.74, 6) is -0.0241. The molecule has 6 nitrogen and oxygen atoms in total. The zero-order chi connectivity index (χ0) is 17.5. The summed E-state index contributed by atoms with van der Waals surface area (Å²) in [6.45, 7) is 0. The normalized spacial score (nSPS) is 19.7. The van der Waals surface area contributed by atoms with E-state index in [9.17, 15) is 13.2 Å². The van der Waals surface area contributed by atoms with Crippen molar-refractivity contribution in [2.24, 2.45) is 0 Å². The summed E-state index contributed by atoms with van der Waals surface area (Å²) in [6.07, 6.45) is 4.34. The van der Waals surface area contributed by atoms with Crippen LogP contribution in [-0.2, 0) is 14.6 Å². The first-order valence-electron chi connectivity index (χ1n) is 8.47. The van der Waals surface area contributed by atoms with Gasteiger partial charge in [0.2, 0.25) is 11.0 Å². The van der Waals surface area contributed by atoms with Gasteiger partial charge in [-0.15, -0.1) is 10.2 Å². The number of nitrogens with zero attached hydrogens (tertiary/aromatic N) is 2. The number of amides is 1. The molecule has 2 aliphatic carbocycles. The van der Waals surface area contributed by atoms with Crippen LogP contribution in [0.3, 0.4) is 0 Å². The number of sulfone groups is 1. The number of hydrogen-bond donors (Lipinski definition) is 1. The molecule has 0 unspecified atom stereocenters. The zero-order valence-corrected chi connectivity index (χ0v) is 15.3. The quantitative estimate of drug-likeness (QED) is 0.865. The van der Waals surface area contributed by atoms with Crippen LogP contribution in [0.25, 0.3) is 0 Å². The number of benzene rings is 1. The third kappa shape index (κ3) is 2.87. The number of aromatic nitrogens is 2. The smallest absolute Gasteiger partial charge is 0.248 e. The third-order valence-corrected chi connectivity index (χ3v) is 8.50. The molecule has 0 spiro atoms. The summed E-state index contributed by atoms with van der Waals surface area (Å²) in [5.41, 5.74) is 0. The molecule has 4 rings (SSSR count). The van der Waals surface area contributed by atoms with Gasteiger partial charge in [-0.1, -0.05) is 42.4 Å². The highest BCUT2D eigenvalue weighted by molar-refractivity contribution is 7.93. The van der Waals surface area contributed by atoms with Crippen molar-refractivity contribution in [2.45, 2.75) is 54.1 Å². The van der Waals surface area contributed by atoms with Crippen LogP contribution >= 0.6 is 11.3 Å². The molecule has 25 heavy (non-hydrogen) atoms. The molecular weight excluding hydrogens is 358 g/mol. The van der Waals surface area contributed by atoms with E-state index in [-0.39, 0.29) is 4.90 Å². The monoisotopic (exact) mass is 377 g/mol. The number of anilines is 1. The Labute approximate surface area is 150 Å². The number of carbonyl (C=O) groups excluding carboxylic acids is 1. The van der Waals surface area contributed by atoms with E-state index in [2.05, 4.69) is 15.5 Å². The van der Waals surface area contributed by atoms with E-state index in [0.29, 0.717) is 23.9 Å². The second-order valence-corrected chi connectivity index (χ2v) is 9.96. The van der Waals surface area contributed by atoms with Gasteiger partial charge in [-0.05, 0) is 37.8 Å². The van der Waals surface area contributed by atoms with E-state index in [1.54, 1.807) is 30.3 Å². The molecule has 2 saturated carbocycles. The predicted octanol–water partition coefficient (Wildman–Crippen LogP) is 3.14. The molecule has 132 valence electrons. The van der Waals surface area contributed by atoms with Crippen molar-refractivity contribution in [3.8, 4) is 0 Å². The second kappa shape index (κ2) is 6.17. The number of nitrogens with one attached hydrogen (secondary N) is 1. The van der Waals surface area contributed by atoms with Crippen molar-refractivity contribution in [1.29, 1.82) is 0 Å². The van der Waals surface area contributed by atoms with Crippen LogP contribution in [0, 0.1) is 0 Å². The van der Waals surface area contributed by atoms with Gasteiger partial charge in [0.1, 0.15) is 5.01 Å². The Hall–Kier alpha value is -1.80. The first-order chi connectivity index (χ1) is 12.0. The number of hydrogen-bond acceptors (Lipinski definition) is 6. The van der Waals surface area contributed by atoms with Crippen molar-refractivity contribution in [3.05, 3.63) is 35.3 Å². The van der Waals surface area contributed by atoms with Gasteiger partial charge >= 0.3 is 0 Å².